The van der Waals surface area contributed by atoms with Crippen LogP contribution in [0.3, 0.4) is 0 Å². The second kappa shape index (κ2) is 5.53. The Morgan fingerprint density at radius 1 is 1.41 bits per heavy atom. The molecule has 1 unspecified atom stereocenters. The van der Waals surface area contributed by atoms with Gasteiger partial charge in [0.1, 0.15) is 0 Å². The number of hydrogen-bond donors (Lipinski definition) is 1. The molecule has 1 amide bonds. The molecule has 0 saturated carbocycles. The summed E-state index contributed by atoms with van der Waals surface area (Å²) in [4.78, 5) is 10.8. The quantitative estimate of drug-likeness (QED) is 0.854. The van der Waals surface area contributed by atoms with E-state index in [1.54, 1.807) is 6.92 Å². The van der Waals surface area contributed by atoms with Crippen LogP contribution in [0.5, 0.6) is 0 Å². The molecule has 1 atom stereocenters. The molecule has 0 aliphatic heterocycles. The fourth-order valence-electron chi connectivity index (χ4n) is 1.27. The zero-order valence-electron chi connectivity index (χ0n) is 9.01. The highest BCUT2D eigenvalue weighted by Gasteiger charge is 2.32. The largest absolute Gasteiger partial charge is 0.416 e. The standard InChI is InChI=1S/C11H11BrF3NO/c1-7(12)10(17)16-6-8-4-2-3-5-9(8)11(13,14)15/h2-5,7H,6H2,1H3,(H,16,17). The van der Waals surface area contributed by atoms with Gasteiger partial charge in [0, 0.05) is 6.54 Å². The van der Waals surface area contributed by atoms with E-state index in [4.69, 9.17) is 0 Å². The van der Waals surface area contributed by atoms with Gasteiger partial charge in [-0.05, 0) is 18.6 Å². The van der Waals surface area contributed by atoms with Crippen molar-refractivity contribution in [2.45, 2.75) is 24.5 Å². The number of benzene rings is 1. The van der Waals surface area contributed by atoms with E-state index >= 15 is 0 Å². The molecular weight excluding hydrogens is 299 g/mol. The summed E-state index contributed by atoms with van der Waals surface area (Å²) in [7, 11) is 0. The van der Waals surface area contributed by atoms with Crippen LogP contribution in [0.4, 0.5) is 13.2 Å². The van der Waals surface area contributed by atoms with Gasteiger partial charge in [0.05, 0.1) is 10.4 Å². The first kappa shape index (κ1) is 14.0. The van der Waals surface area contributed by atoms with E-state index in [9.17, 15) is 18.0 Å². The minimum Gasteiger partial charge on any atom is -0.351 e. The molecule has 0 heterocycles. The second-order valence-corrected chi connectivity index (χ2v) is 4.86. The van der Waals surface area contributed by atoms with Crippen molar-refractivity contribution < 1.29 is 18.0 Å². The third-order valence-electron chi connectivity index (χ3n) is 2.14. The molecule has 2 nitrogen and oxygen atoms in total. The molecule has 0 fully saturated rings. The summed E-state index contributed by atoms with van der Waals surface area (Å²) in [5.74, 6) is -0.345. The van der Waals surface area contributed by atoms with Gasteiger partial charge in [-0.25, -0.2) is 0 Å². The Balaban J connectivity index is 2.82. The Kier molecular flexibility index (Phi) is 4.56. The van der Waals surface area contributed by atoms with Gasteiger partial charge in [-0.2, -0.15) is 13.2 Å². The summed E-state index contributed by atoms with van der Waals surface area (Å²) in [5, 5.41) is 2.43. The first-order valence-electron chi connectivity index (χ1n) is 4.89. The van der Waals surface area contributed by atoms with E-state index in [2.05, 4.69) is 21.2 Å². The van der Waals surface area contributed by atoms with Crippen LogP contribution in [0, 0.1) is 0 Å². The molecule has 0 aromatic heterocycles. The van der Waals surface area contributed by atoms with Crippen LogP contribution in [0.2, 0.25) is 0 Å². The molecule has 0 spiro atoms. The Bertz CT molecular complexity index is 404. The summed E-state index contributed by atoms with van der Waals surface area (Å²) in [6.07, 6.45) is -4.40. The normalized spacial score (nSPS) is 13.2. The zero-order chi connectivity index (χ0) is 13.1. The molecule has 1 rings (SSSR count). The highest BCUT2D eigenvalue weighted by Crippen LogP contribution is 2.31. The third-order valence-corrected chi connectivity index (χ3v) is 2.55. The number of carbonyl (C=O) groups excluding carboxylic acids is 1. The van der Waals surface area contributed by atoms with Gasteiger partial charge in [0.25, 0.3) is 0 Å². The Morgan fingerprint density at radius 2 is 2.00 bits per heavy atom. The first-order valence-corrected chi connectivity index (χ1v) is 5.81. The van der Waals surface area contributed by atoms with Crippen LogP contribution < -0.4 is 5.32 Å². The number of hydrogen-bond acceptors (Lipinski definition) is 1. The number of amides is 1. The van der Waals surface area contributed by atoms with Crippen LogP contribution in [-0.4, -0.2) is 10.7 Å². The predicted octanol–water partition coefficient (Wildman–Crippen LogP) is 3.11. The Morgan fingerprint density at radius 3 is 2.53 bits per heavy atom. The molecule has 0 bridgehead atoms. The molecule has 1 aromatic rings. The number of rotatable bonds is 3. The van der Waals surface area contributed by atoms with Gasteiger partial charge in [0.15, 0.2) is 0 Å². The molecule has 0 aliphatic carbocycles. The fraction of sp³-hybridized carbons (Fsp3) is 0.364. The van der Waals surface area contributed by atoms with E-state index in [1.807, 2.05) is 0 Å². The number of nitrogens with one attached hydrogen (secondary N) is 1. The SMILES string of the molecule is CC(Br)C(=O)NCc1ccccc1C(F)(F)F. The highest BCUT2D eigenvalue weighted by atomic mass is 79.9. The lowest BCUT2D eigenvalue weighted by Crippen LogP contribution is -2.29. The van der Waals surface area contributed by atoms with Crippen molar-refractivity contribution in [1.29, 1.82) is 0 Å². The average molecular weight is 310 g/mol. The van der Waals surface area contributed by atoms with Gasteiger partial charge >= 0.3 is 6.18 Å². The van der Waals surface area contributed by atoms with Crippen molar-refractivity contribution >= 4 is 21.8 Å². The van der Waals surface area contributed by atoms with Gasteiger partial charge in [-0.3, -0.25) is 4.79 Å². The van der Waals surface area contributed by atoms with Crippen LogP contribution in [0.15, 0.2) is 24.3 Å². The lowest BCUT2D eigenvalue weighted by Gasteiger charge is -2.13. The van der Waals surface area contributed by atoms with E-state index < -0.39 is 16.6 Å². The lowest BCUT2D eigenvalue weighted by atomic mass is 10.1. The van der Waals surface area contributed by atoms with Crippen LogP contribution in [-0.2, 0) is 17.5 Å². The molecule has 0 saturated heterocycles. The predicted molar refractivity (Wildman–Crippen MR) is 61.7 cm³/mol. The van der Waals surface area contributed by atoms with Crippen molar-refractivity contribution in [1.82, 2.24) is 5.32 Å². The summed E-state index contributed by atoms with van der Waals surface area (Å²) >= 11 is 3.04. The van der Waals surface area contributed by atoms with E-state index in [0.29, 0.717) is 0 Å². The highest BCUT2D eigenvalue weighted by molar-refractivity contribution is 9.10. The average Bonchev–Trinajstić information content (AvgIpc) is 2.24. The van der Waals surface area contributed by atoms with Crippen LogP contribution in [0.25, 0.3) is 0 Å². The molecule has 1 aromatic carbocycles. The number of alkyl halides is 4. The van der Waals surface area contributed by atoms with Gasteiger partial charge in [-0.1, -0.05) is 34.1 Å². The van der Waals surface area contributed by atoms with E-state index in [1.165, 1.54) is 18.2 Å². The van der Waals surface area contributed by atoms with Crippen LogP contribution in [0.1, 0.15) is 18.1 Å². The smallest absolute Gasteiger partial charge is 0.351 e. The van der Waals surface area contributed by atoms with Crippen molar-refractivity contribution in [3.8, 4) is 0 Å². The van der Waals surface area contributed by atoms with E-state index in [-0.39, 0.29) is 18.0 Å². The topological polar surface area (TPSA) is 29.1 Å². The maximum absolute atomic E-state index is 12.6. The molecule has 0 radical (unpaired) electrons. The summed E-state index contributed by atoms with van der Waals surface area (Å²) < 4.78 is 37.8. The lowest BCUT2D eigenvalue weighted by molar-refractivity contribution is -0.138. The molecule has 17 heavy (non-hydrogen) atoms. The Hall–Kier alpha value is -1.04. The first-order chi connectivity index (χ1) is 7.82. The zero-order valence-corrected chi connectivity index (χ0v) is 10.6. The molecule has 94 valence electrons. The minimum absolute atomic E-state index is 0.0569. The summed E-state index contributed by atoms with van der Waals surface area (Å²) in [6, 6.07) is 5.18. The maximum atomic E-state index is 12.6. The van der Waals surface area contributed by atoms with E-state index in [0.717, 1.165) is 6.07 Å². The van der Waals surface area contributed by atoms with Crippen molar-refractivity contribution in [2.75, 3.05) is 0 Å². The monoisotopic (exact) mass is 309 g/mol. The molecular formula is C11H11BrF3NO. The van der Waals surface area contributed by atoms with Crippen molar-refractivity contribution in [3.63, 3.8) is 0 Å². The number of halogens is 4. The Labute approximate surface area is 105 Å². The van der Waals surface area contributed by atoms with Crippen molar-refractivity contribution in [3.05, 3.63) is 35.4 Å². The molecule has 0 aliphatic rings. The van der Waals surface area contributed by atoms with Crippen LogP contribution >= 0.6 is 15.9 Å². The van der Waals surface area contributed by atoms with Gasteiger partial charge in [-0.15, -0.1) is 0 Å². The minimum atomic E-state index is -4.40. The van der Waals surface area contributed by atoms with Gasteiger partial charge in [0.2, 0.25) is 5.91 Å². The molecule has 1 N–H and O–H groups in total. The van der Waals surface area contributed by atoms with Crippen molar-refractivity contribution in [2.24, 2.45) is 0 Å². The van der Waals surface area contributed by atoms with Gasteiger partial charge < -0.3 is 5.32 Å². The summed E-state index contributed by atoms with van der Waals surface area (Å²) in [5.41, 5.74) is -0.663. The fourth-order valence-corrected chi connectivity index (χ4v) is 1.44. The second-order valence-electron chi connectivity index (χ2n) is 3.49. The third kappa shape index (κ3) is 4.03. The summed E-state index contributed by atoms with van der Waals surface area (Å²) in [6.45, 7) is 1.47. The molecule has 6 heteroatoms. The number of carbonyl (C=O) groups is 1. The maximum Gasteiger partial charge on any atom is 0.416 e.